The first-order valence-electron chi connectivity index (χ1n) is 5.16. The monoisotopic (exact) mass is 225 g/mol. The fourth-order valence-corrected chi connectivity index (χ4v) is 1.25. The van der Waals surface area contributed by atoms with Gasteiger partial charge in [-0.3, -0.25) is 9.59 Å². The van der Waals surface area contributed by atoms with Crippen LogP contribution in [0.1, 0.15) is 13.8 Å². The van der Waals surface area contributed by atoms with Crippen LogP contribution in [-0.4, -0.2) is 23.8 Å². The number of esters is 1. The van der Waals surface area contributed by atoms with Crippen LogP contribution in [0.15, 0.2) is 23.1 Å². The average molecular weight is 225 g/mol. The summed E-state index contributed by atoms with van der Waals surface area (Å²) in [5.74, 6) is -0.187. The Hall–Kier alpha value is -1.78. The number of rotatable bonds is 5. The van der Waals surface area contributed by atoms with Gasteiger partial charge in [-0.25, -0.2) is 0 Å². The summed E-state index contributed by atoms with van der Waals surface area (Å²) in [6.07, 6.45) is 1.53. The number of carbonyl (C=O) groups is 1. The Balaban J connectivity index is 2.84. The normalized spacial score (nSPS) is 9.88. The van der Waals surface area contributed by atoms with E-state index in [0.29, 0.717) is 13.2 Å². The lowest BCUT2D eigenvalue weighted by Gasteiger charge is -2.07. The summed E-state index contributed by atoms with van der Waals surface area (Å²) >= 11 is 0. The number of hydrogen-bond donors (Lipinski definition) is 0. The topological polar surface area (TPSA) is 57.5 Å². The van der Waals surface area contributed by atoms with Gasteiger partial charge in [0.2, 0.25) is 0 Å². The van der Waals surface area contributed by atoms with E-state index < -0.39 is 5.97 Å². The van der Waals surface area contributed by atoms with Gasteiger partial charge in [-0.1, -0.05) is 0 Å². The lowest BCUT2D eigenvalue weighted by Crippen LogP contribution is -2.25. The van der Waals surface area contributed by atoms with Gasteiger partial charge in [0, 0.05) is 6.20 Å². The van der Waals surface area contributed by atoms with E-state index in [-0.39, 0.29) is 17.9 Å². The molecule has 0 saturated carbocycles. The van der Waals surface area contributed by atoms with Gasteiger partial charge in [-0.05, 0) is 26.0 Å². The van der Waals surface area contributed by atoms with E-state index >= 15 is 0 Å². The van der Waals surface area contributed by atoms with E-state index in [0.717, 1.165) is 0 Å². The molecule has 0 atom stereocenters. The summed E-state index contributed by atoms with van der Waals surface area (Å²) in [6.45, 7) is 4.14. The minimum absolute atomic E-state index is 0.0897. The lowest BCUT2D eigenvalue weighted by molar-refractivity contribution is -0.143. The minimum Gasteiger partial charge on any atom is -0.488 e. The van der Waals surface area contributed by atoms with Crippen molar-refractivity contribution in [2.75, 3.05) is 13.2 Å². The fraction of sp³-hybridized carbons (Fsp3) is 0.455. The third kappa shape index (κ3) is 3.12. The highest BCUT2D eigenvalue weighted by Crippen LogP contribution is 2.01. The Morgan fingerprint density at radius 2 is 2.12 bits per heavy atom. The van der Waals surface area contributed by atoms with Gasteiger partial charge in [0.25, 0.3) is 5.56 Å². The second-order valence-electron chi connectivity index (χ2n) is 3.04. The molecule has 0 spiro atoms. The summed E-state index contributed by atoms with van der Waals surface area (Å²) < 4.78 is 11.2. The second-order valence-corrected chi connectivity index (χ2v) is 3.04. The van der Waals surface area contributed by atoms with Crippen molar-refractivity contribution in [3.05, 3.63) is 28.7 Å². The molecule has 0 aliphatic heterocycles. The standard InChI is InChI=1S/C11H15NO4/c1-3-15-9-6-5-7-12(11(9)14)8-10(13)16-4-2/h5-7H,3-4,8H2,1-2H3. The van der Waals surface area contributed by atoms with Gasteiger partial charge >= 0.3 is 5.97 Å². The number of nitrogens with zero attached hydrogens (tertiary/aromatic N) is 1. The van der Waals surface area contributed by atoms with Gasteiger partial charge in [0.05, 0.1) is 13.2 Å². The van der Waals surface area contributed by atoms with E-state index in [1.165, 1.54) is 10.8 Å². The smallest absolute Gasteiger partial charge is 0.326 e. The second kappa shape index (κ2) is 5.95. The van der Waals surface area contributed by atoms with E-state index in [9.17, 15) is 9.59 Å². The van der Waals surface area contributed by atoms with Gasteiger partial charge in [-0.2, -0.15) is 0 Å². The first-order valence-corrected chi connectivity index (χ1v) is 5.16. The van der Waals surface area contributed by atoms with Crippen molar-refractivity contribution in [3.8, 4) is 5.75 Å². The summed E-state index contributed by atoms with van der Waals surface area (Å²) in [5.41, 5.74) is -0.322. The van der Waals surface area contributed by atoms with Crippen molar-refractivity contribution >= 4 is 5.97 Å². The van der Waals surface area contributed by atoms with Crippen LogP contribution in [0.4, 0.5) is 0 Å². The molecule has 0 saturated heterocycles. The van der Waals surface area contributed by atoms with Gasteiger partial charge in [-0.15, -0.1) is 0 Å². The largest absolute Gasteiger partial charge is 0.488 e. The van der Waals surface area contributed by atoms with E-state index in [1.54, 1.807) is 26.0 Å². The zero-order valence-electron chi connectivity index (χ0n) is 9.43. The molecule has 1 aromatic rings. The Bertz CT molecular complexity index is 411. The van der Waals surface area contributed by atoms with Crippen LogP contribution < -0.4 is 10.3 Å². The molecule has 5 heteroatoms. The van der Waals surface area contributed by atoms with Crippen LogP contribution in [0.5, 0.6) is 5.75 Å². The first-order chi connectivity index (χ1) is 7.69. The maximum atomic E-state index is 11.7. The van der Waals surface area contributed by atoms with Crippen molar-refractivity contribution < 1.29 is 14.3 Å². The summed E-state index contributed by atoms with van der Waals surface area (Å²) in [6, 6.07) is 3.24. The number of hydrogen-bond acceptors (Lipinski definition) is 4. The van der Waals surface area contributed by atoms with Crippen LogP contribution in [0.3, 0.4) is 0 Å². The van der Waals surface area contributed by atoms with Gasteiger partial charge in [0.15, 0.2) is 5.75 Å². The summed E-state index contributed by atoms with van der Waals surface area (Å²) in [4.78, 5) is 22.9. The van der Waals surface area contributed by atoms with Crippen LogP contribution in [0.2, 0.25) is 0 Å². The molecule has 0 aliphatic rings. The van der Waals surface area contributed by atoms with Gasteiger partial charge < -0.3 is 14.0 Å². The fourth-order valence-electron chi connectivity index (χ4n) is 1.25. The molecule has 0 aromatic carbocycles. The zero-order chi connectivity index (χ0) is 12.0. The maximum absolute atomic E-state index is 11.7. The molecule has 0 unspecified atom stereocenters. The highest BCUT2D eigenvalue weighted by atomic mass is 16.5. The maximum Gasteiger partial charge on any atom is 0.326 e. The molecule has 0 aliphatic carbocycles. The number of pyridine rings is 1. The van der Waals surface area contributed by atoms with Crippen molar-refractivity contribution in [2.24, 2.45) is 0 Å². The summed E-state index contributed by atoms with van der Waals surface area (Å²) in [5, 5.41) is 0. The predicted molar refractivity (Wildman–Crippen MR) is 58.5 cm³/mol. The van der Waals surface area contributed by atoms with Crippen molar-refractivity contribution in [2.45, 2.75) is 20.4 Å². The molecular weight excluding hydrogens is 210 g/mol. The number of carbonyl (C=O) groups excluding carboxylic acids is 1. The minimum atomic E-state index is -0.432. The molecule has 88 valence electrons. The molecule has 0 N–H and O–H groups in total. The molecule has 0 amide bonds. The van der Waals surface area contributed by atoms with Crippen LogP contribution in [-0.2, 0) is 16.1 Å². The van der Waals surface area contributed by atoms with Crippen LogP contribution in [0.25, 0.3) is 0 Å². The zero-order valence-corrected chi connectivity index (χ0v) is 9.43. The summed E-state index contributed by atoms with van der Waals surface area (Å²) in [7, 11) is 0. The molecule has 1 heterocycles. The quantitative estimate of drug-likeness (QED) is 0.696. The van der Waals surface area contributed by atoms with Crippen LogP contribution in [0, 0.1) is 0 Å². The highest BCUT2D eigenvalue weighted by Gasteiger charge is 2.07. The molecule has 16 heavy (non-hydrogen) atoms. The SMILES string of the molecule is CCOC(=O)Cn1cccc(OCC)c1=O. The first kappa shape index (κ1) is 12.3. The molecule has 1 aromatic heterocycles. The Kier molecular flexibility index (Phi) is 4.57. The third-order valence-corrected chi connectivity index (χ3v) is 1.89. The predicted octanol–water partition coefficient (Wildman–Crippen LogP) is 0.810. The van der Waals surface area contributed by atoms with Gasteiger partial charge in [0.1, 0.15) is 6.54 Å². The highest BCUT2D eigenvalue weighted by molar-refractivity contribution is 5.69. The van der Waals surface area contributed by atoms with E-state index in [1.807, 2.05) is 0 Å². The molecule has 0 bridgehead atoms. The van der Waals surface area contributed by atoms with E-state index in [2.05, 4.69) is 0 Å². The lowest BCUT2D eigenvalue weighted by atomic mass is 10.4. The average Bonchev–Trinajstić information content (AvgIpc) is 2.24. The van der Waals surface area contributed by atoms with Crippen LogP contribution >= 0.6 is 0 Å². The number of ether oxygens (including phenoxy) is 2. The Morgan fingerprint density at radius 3 is 2.75 bits per heavy atom. The van der Waals surface area contributed by atoms with Crippen molar-refractivity contribution in [1.29, 1.82) is 0 Å². The Morgan fingerprint density at radius 1 is 1.38 bits per heavy atom. The number of aromatic nitrogens is 1. The van der Waals surface area contributed by atoms with E-state index in [4.69, 9.17) is 9.47 Å². The molecular formula is C11H15NO4. The van der Waals surface area contributed by atoms with Crippen molar-refractivity contribution in [3.63, 3.8) is 0 Å². The molecule has 0 radical (unpaired) electrons. The molecule has 0 fully saturated rings. The Labute approximate surface area is 93.6 Å². The van der Waals surface area contributed by atoms with Crippen molar-refractivity contribution in [1.82, 2.24) is 4.57 Å². The molecule has 1 rings (SSSR count). The molecule has 5 nitrogen and oxygen atoms in total. The third-order valence-electron chi connectivity index (χ3n) is 1.89.